The van der Waals surface area contributed by atoms with E-state index in [4.69, 9.17) is 4.52 Å². The van der Waals surface area contributed by atoms with Crippen LogP contribution in [-0.2, 0) is 12.0 Å². The van der Waals surface area contributed by atoms with Crippen molar-refractivity contribution in [3.63, 3.8) is 0 Å². The number of carbonyl (C=O) groups excluding carboxylic acids is 1. The van der Waals surface area contributed by atoms with Crippen molar-refractivity contribution >= 4 is 21.8 Å². The van der Waals surface area contributed by atoms with E-state index in [-0.39, 0.29) is 5.91 Å². The van der Waals surface area contributed by atoms with Gasteiger partial charge in [-0.2, -0.15) is 4.98 Å². The monoisotopic (exact) mass is 364 g/mol. The van der Waals surface area contributed by atoms with Crippen LogP contribution in [0, 0.1) is 0 Å². The van der Waals surface area contributed by atoms with Gasteiger partial charge in [0, 0.05) is 23.3 Å². The topological polar surface area (TPSA) is 80.9 Å². The van der Waals surface area contributed by atoms with E-state index in [1.807, 2.05) is 6.92 Å². The summed E-state index contributed by atoms with van der Waals surface area (Å²) in [6.07, 6.45) is 7.62. The van der Waals surface area contributed by atoms with E-state index >= 15 is 0 Å². The molecule has 1 aliphatic rings. The van der Waals surface area contributed by atoms with Crippen LogP contribution >= 0.6 is 15.9 Å². The summed E-state index contributed by atoms with van der Waals surface area (Å²) in [6.45, 7) is 1.96. The zero-order valence-corrected chi connectivity index (χ0v) is 13.9. The Bertz CT molecular complexity index is 680. The third kappa shape index (κ3) is 2.77. The molecule has 0 bridgehead atoms. The lowest BCUT2D eigenvalue weighted by Gasteiger charge is -2.26. The molecule has 1 saturated carbocycles. The molecule has 0 atom stereocenters. The number of aryl methyl sites for hydroxylation is 1. The number of hydrogen-bond donors (Lipinski definition) is 1. The van der Waals surface area contributed by atoms with E-state index in [0.717, 1.165) is 25.7 Å². The van der Waals surface area contributed by atoms with Gasteiger partial charge >= 0.3 is 0 Å². The number of halogens is 1. The number of nitrogens with zero attached hydrogens (tertiary/aromatic N) is 3. The average molecular weight is 365 g/mol. The van der Waals surface area contributed by atoms with Crippen LogP contribution in [0.1, 0.15) is 54.7 Å². The molecular weight excluding hydrogens is 348 g/mol. The molecule has 2 aromatic rings. The second-order valence-electron chi connectivity index (χ2n) is 5.46. The smallest absolute Gasteiger partial charge is 0.253 e. The van der Waals surface area contributed by atoms with E-state index in [2.05, 4.69) is 36.4 Å². The van der Waals surface area contributed by atoms with Crippen LogP contribution in [0.15, 0.2) is 27.5 Å². The molecule has 1 fully saturated rings. The van der Waals surface area contributed by atoms with Crippen molar-refractivity contribution in [3.05, 3.63) is 40.2 Å². The van der Waals surface area contributed by atoms with Gasteiger partial charge in [-0.15, -0.1) is 0 Å². The number of rotatable bonds is 4. The number of aromatic nitrogens is 3. The fourth-order valence-corrected chi connectivity index (χ4v) is 3.25. The average Bonchev–Trinajstić information content (AvgIpc) is 3.17. The second kappa shape index (κ2) is 6.16. The van der Waals surface area contributed by atoms with Gasteiger partial charge in [0.05, 0.1) is 5.56 Å². The standard InChI is InChI=1S/C15H17BrN4O2/c1-2-12-18-14(20-22-12)15(6-3-4-7-15)19-13(21)10-5-8-17-9-11(10)16/h5,8-9H,2-4,6-7H2,1H3,(H,19,21). The maximum absolute atomic E-state index is 12.6. The highest BCUT2D eigenvalue weighted by atomic mass is 79.9. The fraction of sp³-hybridized carbons (Fsp3) is 0.467. The van der Waals surface area contributed by atoms with Crippen LogP contribution in [0.2, 0.25) is 0 Å². The van der Waals surface area contributed by atoms with Gasteiger partial charge in [0.2, 0.25) is 5.89 Å². The number of pyridine rings is 1. The van der Waals surface area contributed by atoms with Gasteiger partial charge in [-0.05, 0) is 34.8 Å². The van der Waals surface area contributed by atoms with E-state index in [1.165, 1.54) is 0 Å². The minimum Gasteiger partial charge on any atom is -0.339 e. The lowest BCUT2D eigenvalue weighted by molar-refractivity contribution is 0.0891. The first-order valence-corrected chi connectivity index (χ1v) is 8.19. The summed E-state index contributed by atoms with van der Waals surface area (Å²) < 4.78 is 5.90. The fourth-order valence-electron chi connectivity index (χ4n) is 2.82. The van der Waals surface area contributed by atoms with Gasteiger partial charge in [0.15, 0.2) is 5.82 Å². The predicted molar refractivity (Wildman–Crippen MR) is 83.2 cm³/mol. The maximum Gasteiger partial charge on any atom is 0.253 e. The van der Waals surface area contributed by atoms with E-state index in [9.17, 15) is 4.79 Å². The Kier molecular flexibility index (Phi) is 4.24. The zero-order valence-electron chi connectivity index (χ0n) is 12.3. The Hall–Kier alpha value is -1.76. The number of hydrogen-bond acceptors (Lipinski definition) is 5. The Labute approximate surface area is 136 Å². The molecule has 0 radical (unpaired) electrons. The minimum absolute atomic E-state index is 0.154. The normalized spacial score (nSPS) is 16.6. The summed E-state index contributed by atoms with van der Waals surface area (Å²) in [6, 6.07) is 1.69. The Morgan fingerprint density at radius 3 is 2.86 bits per heavy atom. The summed E-state index contributed by atoms with van der Waals surface area (Å²) in [5.41, 5.74) is 0.0250. The maximum atomic E-state index is 12.6. The Morgan fingerprint density at radius 2 is 2.23 bits per heavy atom. The molecule has 2 aromatic heterocycles. The number of carbonyl (C=O) groups is 1. The highest BCUT2D eigenvalue weighted by Gasteiger charge is 2.41. The van der Waals surface area contributed by atoms with E-state index in [1.54, 1.807) is 18.5 Å². The first kappa shape index (κ1) is 15.1. The Morgan fingerprint density at radius 1 is 1.45 bits per heavy atom. The molecule has 3 rings (SSSR count). The van der Waals surface area contributed by atoms with Gasteiger partial charge in [-0.3, -0.25) is 9.78 Å². The lowest BCUT2D eigenvalue weighted by Crippen LogP contribution is -2.44. The van der Waals surface area contributed by atoms with Crippen molar-refractivity contribution in [2.45, 2.75) is 44.6 Å². The Balaban J connectivity index is 1.89. The molecular formula is C15H17BrN4O2. The molecule has 116 valence electrons. The van der Waals surface area contributed by atoms with Gasteiger partial charge in [-0.25, -0.2) is 0 Å². The van der Waals surface area contributed by atoms with Crippen molar-refractivity contribution in [3.8, 4) is 0 Å². The van der Waals surface area contributed by atoms with Crippen LogP contribution in [0.25, 0.3) is 0 Å². The van der Waals surface area contributed by atoms with Crippen molar-refractivity contribution in [1.29, 1.82) is 0 Å². The molecule has 0 saturated heterocycles. The van der Waals surface area contributed by atoms with Crippen LogP contribution in [0.4, 0.5) is 0 Å². The molecule has 0 aliphatic heterocycles. The molecule has 0 unspecified atom stereocenters. The summed E-state index contributed by atoms with van der Waals surface area (Å²) in [5.74, 6) is 1.03. The summed E-state index contributed by atoms with van der Waals surface area (Å²) in [7, 11) is 0. The highest BCUT2D eigenvalue weighted by molar-refractivity contribution is 9.10. The summed E-state index contributed by atoms with van der Waals surface area (Å²) >= 11 is 3.36. The molecule has 2 heterocycles. The molecule has 1 aliphatic carbocycles. The lowest BCUT2D eigenvalue weighted by atomic mass is 9.96. The van der Waals surface area contributed by atoms with Gasteiger partial charge in [-0.1, -0.05) is 24.9 Å². The molecule has 7 heteroatoms. The van der Waals surface area contributed by atoms with Gasteiger partial charge < -0.3 is 9.84 Å². The second-order valence-corrected chi connectivity index (χ2v) is 6.32. The largest absolute Gasteiger partial charge is 0.339 e. The molecule has 22 heavy (non-hydrogen) atoms. The van der Waals surface area contributed by atoms with Gasteiger partial charge in [0.1, 0.15) is 5.54 Å². The minimum atomic E-state index is -0.531. The molecule has 0 spiro atoms. The van der Waals surface area contributed by atoms with Gasteiger partial charge in [0.25, 0.3) is 5.91 Å². The summed E-state index contributed by atoms with van der Waals surface area (Å²) in [5, 5.41) is 7.21. The third-order valence-corrected chi connectivity index (χ3v) is 4.66. The van der Waals surface area contributed by atoms with Crippen LogP contribution in [0.3, 0.4) is 0 Å². The molecule has 0 aromatic carbocycles. The molecule has 1 amide bonds. The van der Waals surface area contributed by atoms with Crippen molar-refractivity contribution in [2.24, 2.45) is 0 Å². The van der Waals surface area contributed by atoms with Crippen LogP contribution in [0.5, 0.6) is 0 Å². The van der Waals surface area contributed by atoms with Crippen molar-refractivity contribution in [1.82, 2.24) is 20.4 Å². The molecule has 1 N–H and O–H groups in total. The molecule has 6 nitrogen and oxygen atoms in total. The summed E-state index contributed by atoms with van der Waals surface area (Å²) in [4.78, 5) is 21.0. The quantitative estimate of drug-likeness (QED) is 0.901. The van der Waals surface area contributed by atoms with E-state index < -0.39 is 5.54 Å². The van der Waals surface area contributed by atoms with Crippen molar-refractivity contribution < 1.29 is 9.32 Å². The SMILES string of the molecule is CCc1nc(C2(NC(=O)c3ccncc3Br)CCCC2)no1. The third-order valence-electron chi connectivity index (χ3n) is 4.03. The highest BCUT2D eigenvalue weighted by Crippen LogP contribution is 2.37. The van der Waals surface area contributed by atoms with E-state index in [0.29, 0.717) is 28.2 Å². The number of nitrogens with one attached hydrogen (secondary N) is 1. The number of amides is 1. The first-order chi connectivity index (χ1) is 10.6. The zero-order chi connectivity index (χ0) is 15.6. The predicted octanol–water partition coefficient (Wildman–Crippen LogP) is 2.99. The first-order valence-electron chi connectivity index (χ1n) is 7.40. The van der Waals surface area contributed by atoms with Crippen molar-refractivity contribution in [2.75, 3.05) is 0 Å². The van der Waals surface area contributed by atoms with Crippen LogP contribution in [-0.4, -0.2) is 21.0 Å². The van der Waals surface area contributed by atoms with Crippen LogP contribution < -0.4 is 5.32 Å².